The Bertz CT molecular complexity index is 960. The van der Waals surface area contributed by atoms with Crippen LogP contribution in [0, 0.1) is 11.8 Å². The highest BCUT2D eigenvalue weighted by Crippen LogP contribution is 2.27. The quantitative estimate of drug-likeness (QED) is 0.186. The lowest BCUT2D eigenvalue weighted by Crippen LogP contribution is -2.54. The topological polar surface area (TPSA) is 42.5 Å². The van der Waals surface area contributed by atoms with Crippen LogP contribution in [0.4, 0.5) is 0 Å². The minimum Gasteiger partial charge on any atom is -0.494 e. The summed E-state index contributed by atoms with van der Waals surface area (Å²) in [5.74, 6) is 3.21. The molecule has 0 aliphatic carbocycles. The molecule has 230 valence electrons. The van der Waals surface area contributed by atoms with Crippen LogP contribution in [0.3, 0.4) is 0 Å². The summed E-state index contributed by atoms with van der Waals surface area (Å²) in [7, 11) is 0. The average molecular weight is 573 g/mol. The first-order valence-corrected chi connectivity index (χ1v) is 17.0. The van der Waals surface area contributed by atoms with Crippen molar-refractivity contribution in [2.75, 3.05) is 26.3 Å². The summed E-state index contributed by atoms with van der Waals surface area (Å²) in [6.45, 7) is 8.31. The highest BCUT2D eigenvalue weighted by Gasteiger charge is 2.30. The molecule has 4 rings (SSSR count). The number of hydrogen-bond acceptors (Lipinski definition) is 4. The maximum atomic E-state index is 5.91. The molecule has 2 saturated heterocycles. The lowest BCUT2D eigenvalue weighted by atomic mass is 9.82. The molecule has 2 fully saturated rings. The fourth-order valence-corrected chi connectivity index (χ4v) is 6.21. The van der Waals surface area contributed by atoms with Crippen molar-refractivity contribution in [2.24, 2.45) is 11.8 Å². The molecule has 0 radical (unpaired) electrons. The van der Waals surface area contributed by atoms with Gasteiger partial charge in [0.25, 0.3) is 0 Å². The van der Waals surface area contributed by atoms with E-state index in [1.807, 2.05) is 0 Å². The number of rotatable bonds is 17. The van der Waals surface area contributed by atoms with Crippen LogP contribution in [0.15, 0.2) is 60.7 Å². The van der Waals surface area contributed by atoms with Crippen molar-refractivity contribution in [1.82, 2.24) is 10.6 Å². The highest BCUT2D eigenvalue weighted by atomic mass is 16.5. The molecular formula is C38H56N2O2. The molecule has 4 unspecified atom stereocenters. The first kappa shape index (κ1) is 32.4. The van der Waals surface area contributed by atoms with Gasteiger partial charge < -0.3 is 20.1 Å². The van der Waals surface area contributed by atoms with E-state index in [0.29, 0.717) is 23.9 Å². The van der Waals surface area contributed by atoms with E-state index in [1.165, 1.54) is 75.3 Å². The monoisotopic (exact) mass is 572 g/mol. The van der Waals surface area contributed by atoms with E-state index in [9.17, 15) is 0 Å². The van der Waals surface area contributed by atoms with Crippen LogP contribution in [0.25, 0.3) is 12.2 Å². The largest absolute Gasteiger partial charge is 0.494 e. The van der Waals surface area contributed by atoms with Gasteiger partial charge in [-0.15, -0.1) is 0 Å². The smallest absolute Gasteiger partial charge is 0.119 e. The molecule has 0 saturated carbocycles. The third-order valence-electron chi connectivity index (χ3n) is 8.86. The molecule has 2 N–H and O–H groups in total. The standard InChI is InChI=1S/C38H56N2O2/c1-3-5-7-9-27-41-35-19-15-31(16-20-35)11-13-33-23-25-39-37(29-33)38-30-34(24-26-40-38)14-12-32-17-21-36(22-18-32)42-28-10-8-6-4-2/h11-22,33-34,37-40H,3-10,23-30H2,1-2H3/b13-11+,14-12+. The van der Waals surface area contributed by atoms with Crippen LogP contribution in [0.2, 0.25) is 0 Å². The van der Waals surface area contributed by atoms with Crippen LogP contribution < -0.4 is 20.1 Å². The third kappa shape index (κ3) is 11.6. The van der Waals surface area contributed by atoms with Crippen molar-refractivity contribution in [3.05, 3.63) is 71.8 Å². The van der Waals surface area contributed by atoms with Crippen LogP contribution in [-0.4, -0.2) is 38.4 Å². The van der Waals surface area contributed by atoms with E-state index in [0.717, 1.165) is 50.6 Å². The predicted octanol–water partition coefficient (Wildman–Crippen LogP) is 9.07. The van der Waals surface area contributed by atoms with E-state index in [-0.39, 0.29) is 0 Å². The van der Waals surface area contributed by atoms with Gasteiger partial charge in [-0.05, 0) is 98.8 Å². The third-order valence-corrected chi connectivity index (χ3v) is 8.86. The van der Waals surface area contributed by atoms with Gasteiger partial charge >= 0.3 is 0 Å². The number of allylic oxidation sites excluding steroid dienone is 2. The minimum atomic E-state index is 0.529. The summed E-state index contributed by atoms with van der Waals surface area (Å²) in [6.07, 6.45) is 24.2. The first-order chi connectivity index (χ1) is 20.7. The molecule has 4 nitrogen and oxygen atoms in total. The summed E-state index contributed by atoms with van der Waals surface area (Å²) >= 11 is 0. The second kappa shape index (κ2) is 18.9. The van der Waals surface area contributed by atoms with Crippen LogP contribution >= 0.6 is 0 Å². The lowest BCUT2D eigenvalue weighted by molar-refractivity contribution is 0.228. The van der Waals surface area contributed by atoms with Gasteiger partial charge in [-0.2, -0.15) is 0 Å². The van der Waals surface area contributed by atoms with Gasteiger partial charge in [0.2, 0.25) is 0 Å². The number of ether oxygens (including phenoxy) is 2. The van der Waals surface area contributed by atoms with Crippen LogP contribution in [-0.2, 0) is 0 Å². The van der Waals surface area contributed by atoms with Gasteiger partial charge in [0.1, 0.15) is 11.5 Å². The van der Waals surface area contributed by atoms with E-state index >= 15 is 0 Å². The molecule has 2 aromatic carbocycles. The molecule has 2 aliphatic heterocycles. The lowest BCUT2D eigenvalue weighted by Gasteiger charge is -2.39. The van der Waals surface area contributed by atoms with Crippen molar-refractivity contribution >= 4 is 12.2 Å². The molecule has 2 heterocycles. The molecule has 4 atom stereocenters. The van der Waals surface area contributed by atoms with Gasteiger partial charge in [-0.1, -0.05) is 101 Å². The van der Waals surface area contributed by atoms with Crippen molar-refractivity contribution in [2.45, 2.75) is 103 Å². The maximum absolute atomic E-state index is 5.91. The summed E-state index contributed by atoms with van der Waals surface area (Å²) in [5.41, 5.74) is 2.52. The maximum Gasteiger partial charge on any atom is 0.119 e. The molecule has 4 heteroatoms. The molecule has 0 aromatic heterocycles. The fourth-order valence-electron chi connectivity index (χ4n) is 6.21. The zero-order valence-electron chi connectivity index (χ0n) is 26.4. The number of piperidine rings is 2. The van der Waals surface area contributed by atoms with Crippen molar-refractivity contribution in [3.63, 3.8) is 0 Å². The molecule has 0 bridgehead atoms. The molecule has 2 aliphatic rings. The van der Waals surface area contributed by atoms with Crippen LogP contribution in [0.5, 0.6) is 11.5 Å². The zero-order valence-corrected chi connectivity index (χ0v) is 26.4. The van der Waals surface area contributed by atoms with Gasteiger partial charge in [0.15, 0.2) is 0 Å². The molecule has 2 aromatic rings. The number of benzene rings is 2. The summed E-state index contributed by atoms with van der Waals surface area (Å²) in [5, 5.41) is 7.67. The minimum absolute atomic E-state index is 0.529. The Balaban J connectivity index is 1.19. The number of unbranched alkanes of at least 4 members (excludes halogenated alkanes) is 6. The number of nitrogens with one attached hydrogen (secondary N) is 2. The summed E-state index contributed by atoms with van der Waals surface area (Å²) in [4.78, 5) is 0. The Morgan fingerprint density at radius 3 is 1.43 bits per heavy atom. The first-order valence-electron chi connectivity index (χ1n) is 17.0. The van der Waals surface area contributed by atoms with Crippen molar-refractivity contribution in [3.8, 4) is 11.5 Å². The molecule has 0 spiro atoms. The van der Waals surface area contributed by atoms with Crippen LogP contribution in [0.1, 0.15) is 102 Å². The Hall–Kier alpha value is -2.56. The SMILES string of the molecule is CCCCCCOc1ccc(/C=C/C2CCNC(C3CC(/C=C/c4ccc(OCCCCCC)cc4)CCN3)C2)cc1. The molecular weight excluding hydrogens is 516 g/mol. The molecule has 0 amide bonds. The second-order valence-corrected chi connectivity index (χ2v) is 12.4. The highest BCUT2D eigenvalue weighted by molar-refractivity contribution is 5.51. The zero-order chi connectivity index (χ0) is 29.2. The van der Waals surface area contributed by atoms with Gasteiger partial charge in [-0.25, -0.2) is 0 Å². The van der Waals surface area contributed by atoms with Gasteiger partial charge in [0.05, 0.1) is 13.2 Å². The van der Waals surface area contributed by atoms with E-state index in [2.05, 4.69) is 97.3 Å². The van der Waals surface area contributed by atoms with E-state index < -0.39 is 0 Å². The Kier molecular flexibility index (Phi) is 14.5. The van der Waals surface area contributed by atoms with Crippen molar-refractivity contribution < 1.29 is 9.47 Å². The molecule has 42 heavy (non-hydrogen) atoms. The fraction of sp³-hybridized carbons (Fsp3) is 0.579. The van der Waals surface area contributed by atoms with Gasteiger partial charge in [-0.3, -0.25) is 0 Å². The van der Waals surface area contributed by atoms with Gasteiger partial charge in [0, 0.05) is 12.1 Å². The predicted molar refractivity (Wildman–Crippen MR) is 179 cm³/mol. The number of hydrogen-bond donors (Lipinski definition) is 2. The Morgan fingerprint density at radius 2 is 1.02 bits per heavy atom. The second-order valence-electron chi connectivity index (χ2n) is 12.4. The van der Waals surface area contributed by atoms with E-state index in [4.69, 9.17) is 9.47 Å². The summed E-state index contributed by atoms with van der Waals surface area (Å²) in [6, 6.07) is 18.3. The van der Waals surface area contributed by atoms with E-state index in [1.54, 1.807) is 0 Å². The Morgan fingerprint density at radius 1 is 0.595 bits per heavy atom. The normalized spacial score (nSPS) is 23.0. The Labute approximate surface area is 256 Å². The summed E-state index contributed by atoms with van der Waals surface area (Å²) < 4.78 is 11.8. The average Bonchev–Trinajstić information content (AvgIpc) is 3.04. The van der Waals surface area contributed by atoms with Crippen molar-refractivity contribution in [1.29, 1.82) is 0 Å².